The number of aryl methyl sites for hydroxylation is 1. The second-order valence-corrected chi connectivity index (χ2v) is 6.52. The van der Waals surface area contributed by atoms with E-state index in [4.69, 9.17) is 10.9 Å². The smallest absolute Gasteiger partial charge is 0.171 e. The molecule has 1 aromatic heterocycles. The lowest BCUT2D eigenvalue weighted by Gasteiger charge is -2.04. The van der Waals surface area contributed by atoms with Crippen molar-refractivity contribution in [1.82, 2.24) is 4.98 Å². The Morgan fingerprint density at radius 2 is 2.33 bits per heavy atom. The van der Waals surface area contributed by atoms with Crippen molar-refractivity contribution in [2.24, 2.45) is 10.9 Å². The number of aromatic nitrogens is 1. The molecule has 2 aromatic rings. The minimum absolute atomic E-state index is 0.0866. The van der Waals surface area contributed by atoms with Gasteiger partial charge in [-0.05, 0) is 41.1 Å². The minimum atomic E-state index is 0.0866. The van der Waals surface area contributed by atoms with Gasteiger partial charge >= 0.3 is 0 Å². The number of nitrogens with two attached hydrogens (primary N) is 1. The first-order valence-electron chi connectivity index (χ1n) is 4.97. The molecule has 1 aromatic carbocycles. The van der Waals surface area contributed by atoms with Gasteiger partial charge in [0.2, 0.25) is 0 Å². The first-order valence-corrected chi connectivity index (χ1v) is 7.46. The van der Waals surface area contributed by atoms with E-state index in [2.05, 4.69) is 26.1 Å². The average molecular weight is 344 g/mol. The molecular formula is C11H10BrN3OS2. The number of oxime groups is 1. The first-order chi connectivity index (χ1) is 8.60. The van der Waals surface area contributed by atoms with Crippen molar-refractivity contribution in [2.75, 3.05) is 0 Å². The molecule has 4 nitrogen and oxygen atoms in total. The molecule has 0 spiro atoms. The van der Waals surface area contributed by atoms with Gasteiger partial charge in [0.1, 0.15) is 0 Å². The third kappa shape index (κ3) is 3.04. The number of rotatable bonds is 3. The molecular weight excluding hydrogens is 334 g/mol. The fraction of sp³-hybridized carbons (Fsp3) is 0.0909. The maximum atomic E-state index is 8.65. The largest absolute Gasteiger partial charge is 0.409 e. The number of thiazole rings is 1. The summed E-state index contributed by atoms with van der Waals surface area (Å²) in [6, 6.07) is 5.65. The maximum Gasteiger partial charge on any atom is 0.171 e. The number of halogens is 1. The zero-order chi connectivity index (χ0) is 13.1. The molecule has 1 heterocycles. The van der Waals surface area contributed by atoms with Crippen LogP contribution in [0.25, 0.3) is 0 Å². The topological polar surface area (TPSA) is 71.5 Å². The Balaban J connectivity index is 2.24. The van der Waals surface area contributed by atoms with Gasteiger partial charge < -0.3 is 10.9 Å². The monoisotopic (exact) mass is 343 g/mol. The third-order valence-electron chi connectivity index (χ3n) is 2.13. The highest BCUT2D eigenvalue weighted by Gasteiger charge is 2.08. The van der Waals surface area contributed by atoms with Crippen LogP contribution in [0.3, 0.4) is 0 Å². The molecule has 0 fully saturated rings. The van der Waals surface area contributed by atoms with Crippen molar-refractivity contribution in [3.63, 3.8) is 0 Å². The van der Waals surface area contributed by atoms with Crippen LogP contribution >= 0.6 is 39.0 Å². The summed E-state index contributed by atoms with van der Waals surface area (Å²) in [6.07, 6.45) is 0. The van der Waals surface area contributed by atoms with Crippen LogP contribution in [-0.4, -0.2) is 16.0 Å². The molecule has 0 amide bonds. The van der Waals surface area contributed by atoms with Gasteiger partial charge in [-0.25, -0.2) is 4.98 Å². The second-order valence-electron chi connectivity index (χ2n) is 3.48. The summed E-state index contributed by atoms with van der Waals surface area (Å²) in [5.41, 5.74) is 7.24. The molecule has 7 heteroatoms. The highest BCUT2D eigenvalue weighted by Crippen LogP contribution is 2.32. The second kappa shape index (κ2) is 5.73. The fourth-order valence-corrected chi connectivity index (χ4v) is 3.88. The predicted octanol–water partition coefficient (Wildman–Crippen LogP) is 3.46. The van der Waals surface area contributed by atoms with E-state index >= 15 is 0 Å². The molecule has 0 aliphatic heterocycles. The Bertz CT molecular complexity index is 598. The summed E-state index contributed by atoms with van der Waals surface area (Å²) in [4.78, 5) is 5.43. The summed E-state index contributed by atoms with van der Waals surface area (Å²) in [7, 11) is 0. The number of hydrogen-bond acceptors (Lipinski definition) is 5. The molecule has 0 aliphatic carbocycles. The number of benzene rings is 1. The predicted molar refractivity (Wildman–Crippen MR) is 77.6 cm³/mol. The maximum absolute atomic E-state index is 8.65. The van der Waals surface area contributed by atoms with Crippen molar-refractivity contribution in [3.8, 4) is 0 Å². The fourth-order valence-electron chi connectivity index (χ4n) is 1.30. The Morgan fingerprint density at radius 3 is 2.89 bits per heavy atom. The molecule has 0 radical (unpaired) electrons. The molecule has 2 rings (SSSR count). The van der Waals surface area contributed by atoms with Crippen LogP contribution in [0, 0.1) is 6.92 Å². The highest BCUT2D eigenvalue weighted by atomic mass is 79.9. The van der Waals surface area contributed by atoms with E-state index in [9.17, 15) is 0 Å². The van der Waals surface area contributed by atoms with Gasteiger partial charge in [0.25, 0.3) is 0 Å². The van der Waals surface area contributed by atoms with Crippen molar-refractivity contribution in [3.05, 3.63) is 39.3 Å². The van der Waals surface area contributed by atoms with Gasteiger partial charge in [-0.2, -0.15) is 0 Å². The van der Waals surface area contributed by atoms with E-state index in [0.29, 0.717) is 5.56 Å². The highest BCUT2D eigenvalue weighted by molar-refractivity contribution is 9.10. The zero-order valence-corrected chi connectivity index (χ0v) is 12.6. The summed E-state index contributed by atoms with van der Waals surface area (Å²) in [5, 5.41) is 13.6. The lowest BCUT2D eigenvalue weighted by atomic mass is 10.2. The molecule has 3 N–H and O–H groups in total. The van der Waals surface area contributed by atoms with E-state index in [1.807, 2.05) is 30.5 Å². The van der Waals surface area contributed by atoms with E-state index in [1.54, 1.807) is 23.1 Å². The summed E-state index contributed by atoms with van der Waals surface area (Å²) < 4.78 is 1.78. The molecule has 18 heavy (non-hydrogen) atoms. The Morgan fingerprint density at radius 1 is 1.56 bits per heavy atom. The van der Waals surface area contributed by atoms with Gasteiger partial charge in [0.05, 0.1) is 0 Å². The molecule has 0 unspecified atom stereocenters. The van der Waals surface area contributed by atoms with Crippen molar-refractivity contribution in [1.29, 1.82) is 0 Å². The molecule has 94 valence electrons. The van der Waals surface area contributed by atoms with Gasteiger partial charge in [0, 0.05) is 26.0 Å². The Hall–Kier alpha value is -1.05. The minimum Gasteiger partial charge on any atom is -0.409 e. The van der Waals surface area contributed by atoms with Crippen LogP contribution < -0.4 is 5.73 Å². The van der Waals surface area contributed by atoms with Crippen LogP contribution in [0.15, 0.2) is 42.4 Å². The lowest BCUT2D eigenvalue weighted by Crippen LogP contribution is -2.13. The zero-order valence-electron chi connectivity index (χ0n) is 9.42. The summed E-state index contributed by atoms with van der Waals surface area (Å²) in [5.74, 6) is 0.0866. The van der Waals surface area contributed by atoms with E-state index in [-0.39, 0.29) is 5.84 Å². The molecule has 0 saturated heterocycles. The lowest BCUT2D eigenvalue weighted by molar-refractivity contribution is 0.318. The normalized spacial score (nSPS) is 11.8. The van der Waals surface area contributed by atoms with Crippen LogP contribution in [0.4, 0.5) is 0 Å². The van der Waals surface area contributed by atoms with Crippen molar-refractivity contribution < 1.29 is 5.21 Å². The van der Waals surface area contributed by atoms with E-state index in [0.717, 1.165) is 19.4 Å². The first kappa shape index (κ1) is 13.4. The van der Waals surface area contributed by atoms with Crippen LogP contribution in [0.5, 0.6) is 0 Å². The standard InChI is InChI=1S/C11H10BrN3OS2/c1-6-5-17-11(14-6)18-7-2-3-8(9(12)4-7)10(13)15-16/h2-5,16H,1H3,(H2,13,15). The van der Waals surface area contributed by atoms with Crippen molar-refractivity contribution >= 4 is 44.9 Å². The number of nitrogens with zero attached hydrogens (tertiary/aromatic N) is 2. The van der Waals surface area contributed by atoms with Crippen LogP contribution in [0.2, 0.25) is 0 Å². The van der Waals surface area contributed by atoms with Gasteiger partial charge in [-0.15, -0.1) is 11.3 Å². The molecule has 0 bridgehead atoms. The number of amidine groups is 1. The van der Waals surface area contributed by atoms with Gasteiger partial charge in [-0.3, -0.25) is 0 Å². The van der Waals surface area contributed by atoms with Crippen LogP contribution in [0.1, 0.15) is 11.3 Å². The van der Waals surface area contributed by atoms with Gasteiger partial charge in [0.15, 0.2) is 10.2 Å². The van der Waals surface area contributed by atoms with E-state index < -0.39 is 0 Å². The van der Waals surface area contributed by atoms with Crippen LogP contribution in [-0.2, 0) is 0 Å². The molecule has 0 atom stereocenters. The number of hydrogen-bond donors (Lipinski definition) is 2. The quantitative estimate of drug-likeness (QED) is 0.387. The average Bonchev–Trinajstić information content (AvgIpc) is 2.74. The van der Waals surface area contributed by atoms with Gasteiger partial charge in [-0.1, -0.05) is 16.9 Å². The van der Waals surface area contributed by atoms with E-state index in [1.165, 1.54) is 0 Å². The summed E-state index contributed by atoms with van der Waals surface area (Å²) in [6.45, 7) is 1.97. The SMILES string of the molecule is Cc1csc(Sc2ccc(/C(N)=N/O)c(Br)c2)n1. The third-order valence-corrected chi connectivity index (χ3v) is 4.83. The molecule has 0 saturated carbocycles. The summed E-state index contributed by atoms with van der Waals surface area (Å²) >= 11 is 6.60. The Labute approximate surface area is 121 Å². The Kier molecular flexibility index (Phi) is 4.26. The van der Waals surface area contributed by atoms with Crippen molar-refractivity contribution in [2.45, 2.75) is 16.2 Å². The molecule has 0 aliphatic rings.